The molecule has 158 valence electrons. The fraction of sp³-hybridized carbons (Fsp3) is 0.560. The van der Waals surface area contributed by atoms with E-state index in [2.05, 4.69) is 33.8 Å². The number of carbonyl (C=O) groups excluding carboxylic acids is 1. The predicted molar refractivity (Wildman–Crippen MR) is 114 cm³/mol. The maximum absolute atomic E-state index is 11.7. The second kappa shape index (κ2) is 8.74. The molecule has 0 saturated carbocycles. The van der Waals surface area contributed by atoms with Crippen LogP contribution in [0.15, 0.2) is 47.2 Å². The number of ether oxygens (including phenoxy) is 3. The number of rotatable bonds is 6. The predicted octanol–water partition coefficient (Wildman–Crippen LogP) is 5.82. The van der Waals surface area contributed by atoms with Gasteiger partial charge in [0.05, 0.1) is 19.8 Å². The molecule has 0 bridgehead atoms. The van der Waals surface area contributed by atoms with E-state index in [0.717, 1.165) is 35.5 Å². The van der Waals surface area contributed by atoms with Gasteiger partial charge in [-0.25, -0.2) is 0 Å². The summed E-state index contributed by atoms with van der Waals surface area (Å²) in [6.45, 7) is 10.9. The van der Waals surface area contributed by atoms with E-state index in [-0.39, 0.29) is 17.5 Å². The molecule has 0 aromatic heterocycles. The van der Waals surface area contributed by atoms with Gasteiger partial charge in [0.2, 0.25) is 0 Å². The van der Waals surface area contributed by atoms with Gasteiger partial charge >= 0.3 is 5.97 Å². The zero-order valence-corrected chi connectivity index (χ0v) is 18.6. The van der Waals surface area contributed by atoms with Crippen molar-refractivity contribution in [2.75, 3.05) is 7.11 Å². The zero-order chi connectivity index (χ0) is 21.2. The summed E-state index contributed by atoms with van der Waals surface area (Å²) in [7, 11) is 1.67. The van der Waals surface area contributed by atoms with E-state index >= 15 is 0 Å². The van der Waals surface area contributed by atoms with E-state index in [0.29, 0.717) is 24.9 Å². The SMILES string of the molecule is COc1ccc(CO[C@H]2CC(OC(C)=O)=C(C)C3=C[C@H](C(C)C)CC[C@@]32C)cc1. The van der Waals surface area contributed by atoms with Crippen molar-refractivity contribution in [1.82, 2.24) is 0 Å². The van der Waals surface area contributed by atoms with E-state index in [1.807, 2.05) is 24.3 Å². The van der Waals surface area contributed by atoms with E-state index < -0.39 is 0 Å². The largest absolute Gasteiger partial charge is 0.497 e. The van der Waals surface area contributed by atoms with Gasteiger partial charge in [0.25, 0.3) is 0 Å². The minimum absolute atomic E-state index is 0.0259. The maximum atomic E-state index is 11.7. The number of benzene rings is 1. The van der Waals surface area contributed by atoms with Crippen molar-refractivity contribution < 1.29 is 19.0 Å². The number of hydrogen-bond acceptors (Lipinski definition) is 4. The molecule has 0 aliphatic heterocycles. The van der Waals surface area contributed by atoms with Gasteiger partial charge in [-0.15, -0.1) is 0 Å². The Kier molecular flexibility index (Phi) is 6.52. The molecule has 2 aliphatic rings. The highest BCUT2D eigenvalue weighted by atomic mass is 16.5. The van der Waals surface area contributed by atoms with Gasteiger partial charge in [-0.2, -0.15) is 0 Å². The molecule has 0 saturated heterocycles. The van der Waals surface area contributed by atoms with E-state index in [4.69, 9.17) is 14.2 Å². The van der Waals surface area contributed by atoms with Crippen molar-refractivity contribution in [3.05, 3.63) is 52.8 Å². The highest BCUT2D eigenvalue weighted by Gasteiger charge is 2.46. The van der Waals surface area contributed by atoms with Crippen LogP contribution in [0.1, 0.15) is 59.4 Å². The Morgan fingerprint density at radius 3 is 2.52 bits per heavy atom. The molecule has 2 aliphatic carbocycles. The molecule has 3 atom stereocenters. The molecule has 0 amide bonds. The van der Waals surface area contributed by atoms with Gasteiger partial charge in [0.1, 0.15) is 11.5 Å². The first-order valence-electron chi connectivity index (χ1n) is 10.6. The number of allylic oxidation sites excluding steroid dienone is 2. The fourth-order valence-electron chi connectivity index (χ4n) is 4.65. The molecule has 4 heteroatoms. The van der Waals surface area contributed by atoms with E-state index in [1.54, 1.807) is 7.11 Å². The molecule has 0 radical (unpaired) electrons. The first kappa shape index (κ1) is 21.6. The molecule has 0 heterocycles. The Morgan fingerprint density at radius 1 is 1.24 bits per heavy atom. The number of esters is 1. The molecule has 1 aromatic carbocycles. The Labute approximate surface area is 174 Å². The molecule has 0 N–H and O–H groups in total. The van der Waals surface area contributed by atoms with Crippen molar-refractivity contribution in [2.45, 2.75) is 66.6 Å². The normalized spacial score (nSPS) is 26.8. The van der Waals surface area contributed by atoms with Crippen LogP contribution in [-0.4, -0.2) is 19.2 Å². The van der Waals surface area contributed by atoms with Crippen LogP contribution in [0.3, 0.4) is 0 Å². The molecular formula is C25H34O4. The Morgan fingerprint density at radius 2 is 1.93 bits per heavy atom. The van der Waals surface area contributed by atoms with Crippen LogP contribution in [0.25, 0.3) is 0 Å². The summed E-state index contributed by atoms with van der Waals surface area (Å²) in [5.41, 5.74) is 3.45. The minimum atomic E-state index is -0.270. The van der Waals surface area contributed by atoms with Gasteiger partial charge in [-0.1, -0.05) is 39.0 Å². The third-order valence-corrected chi connectivity index (χ3v) is 6.63. The van der Waals surface area contributed by atoms with Crippen LogP contribution in [-0.2, 0) is 20.9 Å². The monoisotopic (exact) mass is 398 g/mol. The summed E-state index contributed by atoms with van der Waals surface area (Å²) in [5, 5.41) is 0. The van der Waals surface area contributed by atoms with Crippen LogP contribution >= 0.6 is 0 Å². The number of carbonyl (C=O) groups is 1. The number of hydrogen-bond donors (Lipinski definition) is 0. The van der Waals surface area contributed by atoms with Gasteiger partial charge in [0, 0.05) is 18.8 Å². The molecule has 0 spiro atoms. The Bertz CT molecular complexity index is 803. The quantitative estimate of drug-likeness (QED) is 0.566. The minimum Gasteiger partial charge on any atom is -0.497 e. The van der Waals surface area contributed by atoms with Crippen LogP contribution in [0.5, 0.6) is 5.75 Å². The number of fused-ring (bicyclic) bond motifs is 1. The van der Waals surface area contributed by atoms with Gasteiger partial charge in [0.15, 0.2) is 0 Å². The smallest absolute Gasteiger partial charge is 0.307 e. The average molecular weight is 399 g/mol. The third kappa shape index (κ3) is 4.58. The molecule has 0 fully saturated rings. The average Bonchev–Trinajstić information content (AvgIpc) is 2.69. The van der Waals surface area contributed by atoms with Crippen molar-refractivity contribution in [1.29, 1.82) is 0 Å². The summed E-state index contributed by atoms with van der Waals surface area (Å²) >= 11 is 0. The zero-order valence-electron chi connectivity index (χ0n) is 18.6. The third-order valence-electron chi connectivity index (χ3n) is 6.63. The van der Waals surface area contributed by atoms with Crippen molar-refractivity contribution in [2.24, 2.45) is 17.3 Å². The van der Waals surface area contributed by atoms with E-state index in [9.17, 15) is 4.79 Å². The first-order chi connectivity index (χ1) is 13.7. The lowest BCUT2D eigenvalue weighted by atomic mass is 9.61. The molecule has 4 nitrogen and oxygen atoms in total. The summed E-state index contributed by atoms with van der Waals surface area (Å²) < 4.78 is 17.3. The first-order valence-corrected chi connectivity index (χ1v) is 10.6. The van der Waals surface area contributed by atoms with Crippen LogP contribution < -0.4 is 4.74 Å². The summed E-state index contributed by atoms with van der Waals surface area (Å²) in [6, 6.07) is 7.97. The van der Waals surface area contributed by atoms with E-state index in [1.165, 1.54) is 12.5 Å². The molecular weight excluding hydrogens is 364 g/mol. The summed E-state index contributed by atoms with van der Waals surface area (Å²) in [6.07, 6.45) is 5.26. The second-order valence-electron chi connectivity index (χ2n) is 8.94. The van der Waals surface area contributed by atoms with Crippen LogP contribution in [0.4, 0.5) is 0 Å². The summed E-state index contributed by atoms with van der Waals surface area (Å²) in [5.74, 6) is 2.47. The second-order valence-corrected chi connectivity index (χ2v) is 8.94. The molecule has 3 rings (SSSR count). The highest BCUT2D eigenvalue weighted by Crippen LogP contribution is 2.52. The fourth-order valence-corrected chi connectivity index (χ4v) is 4.65. The van der Waals surface area contributed by atoms with Crippen LogP contribution in [0.2, 0.25) is 0 Å². The summed E-state index contributed by atoms with van der Waals surface area (Å²) in [4.78, 5) is 11.7. The highest BCUT2D eigenvalue weighted by molar-refractivity contribution is 5.68. The van der Waals surface area contributed by atoms with Gasteiger partial charge in [-0.05, 0) is 60.4 Å². The van der Waals surface area contributed by atoms with Crippen molar-refractivity contribution >= 4 is 5.97 Å². The lowest BCUT2D eigenvalue weighted by molar-refractivity contribution is -0.138. The standard InChI is InChI=1S/C25H34O4/c1-16(2)20-11-12-25(5)22(13-20)17(3)23(29-18(4)26)14-24(25)28-15-19-7-9-21(27-6)10-8-19/h7-10,13,16,20,24H,11-12,14-15H2,1-6H3/t20-,24+,25+/m1/s1. The Hall–Kier alpha value is -2.07. The van der Waals surface area contributed by atoms with Crippen molar-refractivity contribution in [3.63, 3.8) is 0 Å². The number of methoxy groups -OCH3 is 1. The lowest BCUT2D eigenvalue weighted by Crippen LogP contribution is -2.43. The van der Waals surface area contributed by atoms with Gasteiger partial charge < -0.3 is 14.2 Å². The molecule has 0 unspecified atom stereocenters. The topological polar surface area (TPSA) is 44.8 Å². The van der Waals surface area contributed by atoms with Crippen LogP contribution in [0, 0.1) is 17.3 Å². The van der Waals surface area contributed by atoms with Crippen molar-refractivity contribution in [3.8, 4) is 5.75 Å². The molecule has 29 heavy (non-hydrogen) atoms. The molecule has 1 aromatic rings. The maximum Gasteiger partial charge on any atom is 0.307 e. The lowest BCUT2D eigenvalue weighted by Gasteiger charge is -2.48. The van der Waals surface area contributed by atoms with Gasteiger partial charge in [-0.3, -0.25) is 4.79 Å². The Balaban J connectivity index is 1.88.